The lowest BCUT2D eigenvalue weighted by Gasteiger charge is -2.27. The molecule has 3 rings (SSSR count). The summed E-state index contributed by atoms with van der Waals surface area (Å²) in [6.45, 7) is 1.66. The van der Waals surface area contributed by atoms with Crippen LogP contribution in [0.4, 0.5) is 4.79 Å². The molecule has 23 heavy (non-hydrogen) atoms. The molecule has 2 aliphatic rings. The summed E-state index contributed by atoms with van der Waals surface area (Å²) in [7, 11) is 0. The van der Waals surface area contributed by atoms with Gasteiger partial charge in [0.2, 0.25) is 5.91 Å². The van der Waals surface area contributed by atoms with Gasteiger partial charge >= 0.3 is 0 Å². The highest BCUT2D eigenvalue weighted by Crippen LogP contribution is 2.32. The number of rotatable bonds is 3. The number of morpholine rings is 1. The number of halogens is 1. The number of nitrogens with zero attached hydrogens (tertiary/aromatic N) is 2. The molecule has 0 bridgehead atoms. The summed E-state index contributed by atoms with van der Waals surface area (Å²) in [5.41, 5.74) is 0. The standard InChI is InChI=1S/C14H13BrN2O5S/c15-11-2-1-9(22-11)7-10-13(19)17(14(20)23-10)8-12(18)16-3-5-21-6-4-16/h1-2,7H,3-6,8H2/b10-7-. The van der Waals surface area contributed by atoms with Crippen LogP contribution in [0.5, 0.6) is 0 Å². The fourth-order valence-electron chi connectivity index (χ4n) is 2.22. The maximum Gasteiger partial charge on any atom is 0.294 e. The second kappa shape index (κ2) is 6.90. The van der Waals surface area contributed by atoms with Crippen LogP contribution in [0.2, 0.25) is 0 Å². The van der Waals surface area contributed by atoms with Crippen LogP contribution >= 0.6 is 27.7 Å². The van der Waals surface area contributed by atoms with Crippen molar-refractivity contribution < 1.29 is 23.5 Å². The van der Waals surface area contributed by atoms with Crippen molar-refractivity contribution in [2.24, 2.45) is 0 Å². The number of imide groups is 1. The minimum Gasteiger partial charge on any atom is -0.450 e. The van der Waals surface area contributed by atoms with Crippen LogP contribution in [0.15, 0.2) is 26.1 Å². The Labute approximate surface area is 144 Å². The van der Waals surface area contributed by atoms with Crippen molar-refractivity contribution in [1.82, 2.24) is 9.80 Å². The Kier molecular flexibility index (Phi) is 4.88. The minimum absolute atomic E-state index is 0.242. The first kappa shape index (κ1) is 16.3. The van der Waals surface area contributed by atoms with Crippen LogP contribution in [0.25, 0.3) is 6.08 Å². The summed E-state index contributed by atoms with van der Waals surface area (Å²) in [4.78, 5) is 39.3. The summed E-state index contributed by atoms with van der Waals surface area (Å²) >= 11 is 3.97. The van der Waals surface area contributed by atoms with Crippen LogP contribution in [0.3, 0.4) is 0 Å². The zero-order valence-electron chi connectivity index (χ0n) is 12.0. The number of hydrogen-bond donors (Lipinski definition) is 0. The zero-order chi connectivity index (χ0) is 16.4. The van der Waals surface area contributed by atoms with Crippen molar-refractivity contribution in [3.8, 4) is 0 Å². The van der Waals surface area contributed by atoms with E-state index in [4.69, 9.17) is 9.15 Å². The van der Waals surface area contributed by atoms with Gasteiger partial charge < -0.3 is 14.1 Å². The third-order valence-corrected chi connectivity index (χ3v) is 4.73. The van der Waals surface area contributed by atoms with Gasteiger partial charge in [0.05, 0.1) is 18.1 Å². The monoisotopic (exact) mass is 400 g/mol. The van der Waals surface area contributed by atoms with Gasteiger partial charge in [-0.1, -0.05) is 0 Å². The fraction of sp³-hybridized carbons (Fsp3) is 0.357. The maximum absolute atomic E-state index is 12.3. The van der Waals surface area contributed by atoms with E-state index in [1.807, 2.05) is 0 Å². The first-order valence-electron chi connectivity index (χ1n) is 6.91. The van der Waals surface area contributed by atoms with Crippen LogP contribution < -0.4 is 0 Å². The molecule has 9 heteroatoms. The van der Waals surface area contributed by atoms with Gasteiger partial charge in [0.25, 0.3) is 11.1 Å². The Balaban J connectivity index is 1.68. The largest absolute Gasteiger partial charge is 0.450 e. The van der Waals surface area contributed by atoms with Crippen LogP contribution in [-0.2, 0) is 14.3 Å². The molecule has 122 valence electrons. The molecule has 0 atom stereocenters. The lowest BCUT2D eigenvalue weighted by atomic mass is 10.3. The Morgan fingerprint density at radius 1 is 1.30 bits per heavy atom. The highest BCUT2D eigenvalue weighted by Gasteiger charge is 2.37. The number of amides is 3. The van der Waals surface area contributed by atoms with Crippen molar-refractivity contribution in [2.45, 2.75) is 0 Å². The van der Waals surface area contributed by atoms with E-state index >= 15 is 0 Å². The predicted octanol–water partition coefficient (Wildman–Crippen LogP) is 1.94. The molecule has 2 fully saturated rings. The van der Waals surface area contributed by atoms with Gasteiger partial charge in [-0.05, 0) is 39.8 Å². The number of ether oxygens (including phenoxy) is 1. The SMILES string of the molecule is O=C(CN1C(=O)S/C(=C\c2ccc(Br)o2)C1=O)N1CCOCC1. The van der Waals surface area contributed by atoms with Crippen molar-refractivity contribution in [1.29, 1.82) is 0 Å². The van der Waals surface area contributed by atoms with E-state index in [0.29, 0.717) is 36.7 Å². The molecule has 0 aliphatic carbocycles. The molecule has 0 spiro atoms. The average Bonchev–Trinajstić information content (AvgIpc) is 3.07. The molecule has 0 aromatic carbocycles. The summed E-state index contributed by atoms with van der Waals surface area (Å²) < 4.78 is 11.0. The normalized spacial score (nSPS) is 20.7. The quantitative estimate of drug-likeness (QED) is 0.721. The van der Waals surface area contributed by atoms with Crippen molar-refractivity contribution in [2.75, 3.05) is 32.8 Å². The van der Waals surface area contributed by atoms with E-state index in [1.54, 1.807) is 17.0 Å². The molecular weight excluding hydrogens is 388 g/mol. The number of carbonyl (C=O) groups excluding carboxylic acids is 3. The molecule has 0 N–H and O–H groups in total. The van der Waals surface area contributed by atoms with Gasteiger partial charge in [-0.15, -0.1) is 0 Å². The highest BCUT2D eigenvalue weighted by atomic mass is 79.9. The smallest absolute Gasteiger partial charge is 0.294 e. The lowest BCUT2D eigenvalue weighted by molar-refractivity contribution is -0.139. The highest BCUT2D eigenvalue weighted by molar-refractivity contribution is 9.10. The Morgan fingerprint density at radius 2 is 2.04 bits per heavy atom. The molecular formula is C14H13BrN2O5S. The molecule has 2 aliphatic heterocycles. The molecule has 7 nitrogen and oxygen atoms in total. The van der Waals surface area contributed by atoms with E-state index in [-0.39, 0.29) is 17.4 Å². The van der Waals surface area contributed by atoms with Crippen molar-refractivity contribution in [3.63, 3.8) is 0 Å². The van der Waals surface area contributed by atoms with E-state index < -0.39 is 11.1 Å². The molecule has 3 heterocycles. The maximum atomic E-state index is 12.3. The first-order valence-corrected chi connectivity index (χ1v) is 8.52. The van der Waals surface area contributed by atoms with E-state index in [1.165, 1.54) is 6.08 Å². The average molecular weight is 401 g/mol. The van der Waals surface area contributed by atoms with Gasteiger partial charge in [0, 0.05) is 19.2 Å². The molecule has 0 unspecified atom stereocenters. The van der Waals surface area contributed by atoms with E-state index in [0.717, 1.165) is 16.7 Å². The third kappa shape index (κ3) is 3.67. The summed E-state index contributed by atoms with van der Waals surface area (Å²) in [5.74, 6) is -0.270. The van der Waals surface area contributed by atoms with Gasteiger partial charge in [-0.2, -0.15) is 0 Å². The Morgan fingerprint density at radius 3 is 2.70 bits per heavy atom. The van der Waals surface area contributed by atoms with Gasteiger partial charge in [-0.25, -0.2) is 0 Å². The van der Waals surface area contributed by atoms with Gasteiger partial charge in [0.1, 0.15) is 12.3 Å². The van der Waals surface area contributed by atoms with Gasteiger partial charge in [0.15, 0.2) is 4.67 Å². The molecule has 1 aromatic rings. The third-order valence-electron chi connectivity index (χ3n) is 3.40. The molecule has 1 aromatic heterocycles. The van der Waals surface area contributed by atoms with Crippen LogP contribution in [-0.4, -0.2) is 59.7 Å². The Bertz CT molecular complexity index is 680. The second-order valence-corrected chi connectivity index (χ2v) is 6.68. The molecule has 2 saturated heterocycles. The number of thioether (sulfide) groups is 1. The minimum atomic E-state index is -0.478. The van der Waals surface area contributed by atoms with Crippen LogP contribution in [0, 0.1) is 0 Å². The molecule has 0 saturated carbocycles. The topological polar surface area (TPSA) is 80.1 Å². The number of furan rings is 1. The molecule has 3 amide bonds. The van der Waals surface area contributed by atoms with E-state index in [9.17, 15) is 14.4 Å². The van der Waals surface area contributed by atoms with Crippen molar-refractivity contribution >= 4 is 50.8 Å². The van der Waals surface area contributed by atoms with Gasteiger partial charge in [-0.3, -0.25) is 19.3 Å². The van der Waals surface area contributed by atoms with E-state index in [2.05, 4.69) is 15.9 Å². The van der Waals surface area contributed by atoms with Crippen molar-refractivity contribution in [3.05, 3.63) is 27.5 Å². The number of hydrogen-bond acceptors (Lipinski definition) is 6. The first-order chi connectivity index (χ1) is 11.0. The Hall–Kier alpha value is -1.58. The predicted molar refractivity (Wildman–Crippen MR) is 86.5 cm³/mol. The summed E-state index contributed by atoms with van der Waals surface area (Å²) in [6.07, 6.45) is 1.49. The zero-order valence-corrected chi connectivity index (χ0v) is 14.4. The summed E-state index contributed by atoms with van der Waals surface area (Å²) in [6, 6.07) is 3.37. The molecule has 0 radical (unpaired) electrons. The lowest BCUT2D eigenvalue weighted by Crippen LogP contribution is -2.46. The fourth-order valence-corrected chi connectivity index (χ4v) is 3.36. The van der Waals surface area contributed by atoms with Crippen LogP contribution in [0.1, 0.15) is 5.76 Å². The second-order valence-electron chi connectivity index (χ2n) is 4.90. The summed E-state index contributed by atoms with van der Waals surface area (Å²) in [5, 5.41) is -0.450. The number of carbonyl (C=O) groups is 3.